The number of nitrogens with zero attached hydrogens (tertiary/aromatic N) is 1. The van der Waals surface area contributed by atoms with Gasteiger partial charge in [-0.15, -0.1) is 0 Å². The van der Waals surface area contributed by atoms with Gasteiger partial charge in [-0.2, -0.15) is 0 Å². The first-order valence-corrected chi connectivity index (χ1v) is 5.26. The number of nitrogens with one attached hydrogen (secondary N) is 1. The Hall–Kier alpha value is -1.77. The molecular weight excluding hydrogens is 200 g/mol. The van der Waals surface area contributed by atoms with E-state index in [2.05, 4.69) is 16.3 Å². The predicted octanol–water partition coefficient (Wildman–Crippen LogP) is 3.05. The van der Waals surface area contributed by atoms with E-state index < -0.39 is 0 Å². The van der Waals surface area contributed by atoms with Crippen LogP contribution in [-0.4, -0.2) is 15.6 Å². The Bertz CT molecular complexity index is 455. The van der Waals surface area contributed by atoms with Gasteiger partial charge in [0.1, 0.15) is 11.4 Å². The molecule has 1 N–H and O–H groups in total. The average molecular weight is 215 g/mol. The van der Waals surface area contributed by atoms with Crippen molar-refractivity contribution in [3.05, 3.63) is 36.8 Å². The number of hydrogen-bond donors (Lipinski definition) is 1. The summed E-state index contributed by atoms with van der Waals surface area (Å²) in [6.07, 6.45) is 4.50. The Labute approximate surface area is 95.5 Å². The van der Waals surface area contributed by atoms with E-state index in [-0.39, 0.29) is 5.60 Å². The van der Waals surface area contributed by atoms with Gasteiger partial charge in [0.15, 0.2) is 6.33 Å². The van der Waals surface area contributed by atoms with Crippen molar-refractivity contribution in [3.63, 3.8) is 0 Å². The lowest BCUT2D eigenvalue weighted by molar-refractivity contribution is 0.131. The molecule has 0 aliphatic carbocycles. The zero-order chi connectivity index (χ0) is 11.6. The summed E-state index contributed by atoms with van der Waals surface area (Å²) in [4.78, 5) is 6.94. The van der Waals surface area contributed by atoms with Gasteiger partial charge in [-0.25, -0.2) is 4.98 Å². The second-order valence-corrected chi connectivity index (χ2v) is 4.61. The van der Waals surface area contributed by atoms with Crippen molar-refractivity contribution < 1.29 is 4.74 Å². The van der Waals surface area contributed by atoms with E-state index in [0.29, 0.717) is 0 Å². The molecule has 3 nitrogen and oxygen atoms in total. The van der Waals surface area contributed by atoms with E-state index in [9.17, 15) is 0 Å². The van der Waals surface area contributed by atoms with Crippen LogP contribution in [0.25, 0.3) is 11.3 Å². The smallest absolute Gasteiger partial charge is 0.174 e. The molecule has 1 heterocycles. The molecule has 0 bridgehead atoms. The monoisotopic (exact) mass is 215 g/mol. The normalized spacial score (nSPS) is 11.4. The zero-order valence-corrected chi connectivity index (χ0v) is 9.74. The average Bonchev–Trinajstić information content (AvgIpc) is 2.69. The topological polar surface area (TPSA) is 37.9 Å². The highest BCUT2D eigenvalue weighted by Crippen LogP contribution is 2.30. The molecule has 0 unspecified atom stereocenters. The van der Waals surface area contributed by atoms with Crippen LogP contribution in [0.1, 0.15) is 20.8 Å². The first-order valence-electron chi connectivity index (χ1n) is 5.26. The summed E-state index contributed by atoms with van der Waals surface area (Å²) in [5.41, 5.74) is 1.62. The van der Waals surface area contributed by atoms with Crippen LogP contribution in [0.2, 0.25) is 0 Å². The summed E-state index contributed by atoms with van der Waals surface area (Å²) >= 11 is 0. The van der Waals surface area contributed by atoms with Crippen LogP contribution in [0.4, 0.5) is 0 Å². The number of ether oxygens (including phenoxy) is 1. The van der Waals surface area contributed by atoms with Gasteiger partial charge < -0.3 is 9.72 Å². The second kappa shape index (κ2) is 4.00. The van der Waals surface area contributed by atoms with Gasteiger partial charge in [-0.05, 0) is 32.9 Å². The van der Waals surface area contributed by atoms with Crippen LogP contribution in [0.5, 0.6) is 5.75 Å². The third-order valence-electron chi connectivity index (χ3n) is 2.03. The van der Waals surface area contributed by atoms with E-state index in [1.165, 1.54) is 0 Å². The number of para-hydroxylation sites is 1. The molecule has 0 spiro atoms. The lowest BCUT2D eigenvalue weighted by Gasteiger charge is -2.22. The third kappa shape index (κ3) is 2.42. The highest BCUT2D eigenvalue weighted by atomic mass is 16.5. The number of rotatable bonds is 2. The standard InChI is InChI=1S/C13H15N2O/c1-13(2,3)16-12-7-5-4-6-10(12)11-8-14-9-15-11/h4-8H,1-3H3,(H,14,15). The van der Waals surface area contributed by atoms with E-state index in [4.69, 9.17) is 4.74 Å². The van der Waals surface area contributed by atoms with Crippen molar-refractivity contribution in [2.24, 2.45) is 0 Å². The van der Waals surface area contributed by atoms with Gasteiger partial charge in [0.25, 0.3) is 0 Å². The van der Waals surface area contributed by atoms with E-state index in [1.807, 2.05) is 51.2 Å². The number of aromatic nitrogens is 2. The number of imidazole rings is 1. The fraction of sp³-hybridized carbons (Fsp3) is 0.308. The Kier molecular flexibility index (Phi) is 2.69. The van der Waals surface area contributed by atoms with Gasteiger partial charge in [-0.1, -0.05) is 12.1 Å². The highest BCUT2D eigenvalue weighted by molar-refractivity contribution is 5.66. The summed E-state index contributed by atoms with van der Waals surface area (Å²) < 4.78 is 5.89. The van der Waals surface area contributed by atoms with Crippen LogP contribution in [0.3, 0.4) is 0 Å². The first kappa shape index (κ1) is 10.7. The molecule has 83 valence electrons. The first-order chi connectivity index (χ1) is 7.56. The van der Waals surface area contributed by atoms with Crippen molar-refractivity contribution in [1.82, 2.24) is 9.97 Å². The van der Waals surface area contributed by atoms with Crippen molar-refractivity contribution in [2.75, 3.05) is 0 Å². The molecule has 0 saturated heterocycles. The molecule has 0 atom stereocenters. The Morgan fingerprint density at radius 3 is 2.62 bits per heavy atom. The summed E-state index contributed by atoms with van der Waals surface area (Å²) in [5, 5.41) is 0. The Balaban J connectivity index is 2.39. The fourth-order valence-corrected chi connectivity index (χ4v) is 1.46. The summed E-state index contributed by atoms with van der Waals surface area (Å²) in [6.45, 7) is 6.08. The largest absolute Gasteiger partial charge is 0.487 e. The maximum Gasteiger partial charge on any atom is 0.174 e. The molecule has 2 rings (SSSR count). The second-order valence-electron chi connectivity index (χ2n) is 4.61. The van der Waals surface area contributed by atoms with Gasteiger partial charge in [0.2, 0.25) is 0 Å². The molecule has 1 aromatic carbocycles. The summed E-state index contributed by atoms with van der Waals surface area (Å²) in [7, 11) is 0. The molecule has 0 aliphatic heterocycles. The zero-order valence-electron chi connectivity index (χ0n) is 9.74. The van der Waals surface area contributed by atoms with E-state index >= 15 is 0 Å². The number of benzene rings is 1. The lowest BCUT2D eigenvalue weighted by Crippen LogP contribution is -2.23. The van der Waals surface area contributed by atoms with Crippen LogP contribution >= 0.6 is 0 Å². The molecular formula is C13H15N2O. The van der Waals surface area contributed by atoms with Crippen molar-refractivity contribution in [2.45, 2.75) is 26.4 Å². The van der Waals surface area contributed by atoms with Gasteiger partial charge in [0.05, 0.1) is 5.69 Å². The van der Waals surface area contributed by atoms with Crippen molar-refractivity contribution in [1.29, 1.82) is 0 Å². The molecule has 2 aromatic rings. The minimum atomic E-state index is -0.212. The number of aromatic amines is 1. The van der Waals surface area contributed by atoms with Gasteiger partial charge in [0, 0.05) is 11.8 Å². The Morgan fingerprint density at radius 2 is 2.00 bits per heavy atom. The van der Waals surface area contributed by atoms with Crippen LogP contribution in [-0.2, 0) is 0 Å². The molecule has 3 heteroatoms. The summed E-state index contributed by atoms with van der Waals surface area (Å²) in [6, 6.07) is 7.88. The molecule has 1 aromatic heterocycles. The van der Waals surface area contributed by atoms with Crippen LogP contribution < -0.4 is 4.74 Å². The Morgan fingerprint density at radius 1 is 1.25 bits per heavy atom. The maximum absolute atomic E-state index is 5.89. The lowest BCUT2D eigenvalue weighted by atomic mass is 10.1. The predicted molar refractivity (Wildman–Crippen MR) is 63.2 cm³/mol. The molecule has 0 amide bonds. The SMILES string of the molecule is CC(C)(C)Oc1ccccc1-c1c[nH][c]n1. The number of hydrogen-bond acceptors (Lipinski definition) is 2. The number of H-pyrrole nitrogens is 1. The van der Waals surface area contributed by atoms with Gasteiger partial charge in [-0.3, -0.25) is 0 Å². The maximum atomic E-state index is 5.89. The molecule has 0 fully saturated rings. The van der Waals surface area contributed by atoms with Crippen molar-refractivity contribution in [3.8, 4) is 17.0 Å². The van der Waals surface area contributed by atoms with Gasteiger partial charge >= 0.3 is 0 Å². The van der Waals surface area contributed by atoms with Crippen molar-refractivity contribution >= 4 is 0 Å². The molecule has 1 radical (unpaired) electrons. The van der Waals surface area contributed by atoms with Crippen LogP contribution in [0, 0.1) is 6.33 Å². The summed E-state index contributed by atoms with van der Waals surface area (Å²) in [5.74, 6) is 0.843. The third-order valence-corrected chi connectivity index (χ3v) is 2.03. The molecule has 0 aliphatic rings. The van der Waals surface area contributed by atoms with E-state index in [0.717, 1.165) is 17.0 Å². The molecule has 16 heavy (non-hydrogen) atoms. The van der Waals surface area contributed by atoms with Crippen LogP contribution in [0.15, 0.2) is 30.5 Å². The van der Waals surface area contributed by atoms with E-state index in [1.54, 1.807) is 0 Å². The fourth-order valence-electron chi connectivity index (χ4n) is 1.46. The quantitative estimate of drug-likeness (QED) is 0.836. The molecule has 0 saturated carbocycles. The minimum absolute atomic E-state index is 0.212. The minimum Gasteiger partial charge on any atom is -0.487 e. The highest BCUT2D eigenvalue weighted by Gasteiger charge is 2.15.